The van der Waals surface area contributed by atoms with E-state index in [1.807, 2.05) is 60.7 Å². The van der Waals surface area contributed by atoms with Crippen molar-refractivity contribution in [1.29, 1.82) is 0 Å². The van der Waals surface area contributed by atoms with E-state index < -0.39 is 12.1 Å². The zero-order chi connectivity index (χ0) is 35.2. The molecule has 258 valence electrons. The zero-order valence-electron chi connectivity index (χ0n) is 28.0. The minimum absolute atomic E-state index is 0.0518. The number of carbonyl (C=O) groups is 4. The molecule has 0 bridgehead atoms. The molecule has 2 saturated heterocycles. The number of carbonyl (C=O) groups excluding carboxylic acids is 4. The van der Waals surface area contributed by atoms with Crippen LogP contribution >= 0.6 is 0 Å². The second-order valence-corrected chi connectivity index (χ2v) is 12.9. The molecule has 5 aromatic rings. The van der Waals surface area contributed by atoms with Crippen LogP contribution in [0.2, 0.25) is 0 Å². The van der Waals surface area contributed by atoms with Gasteiger partial charge in [0.25, 0.3) is 0 Å². The van der Waals surface area contributed by atoms with Gasteiger partial charge in [-0.3, -0.25) is 19.2 Å². The lowest BCUT2D eigenvalue weighted by molar-refractivity contribution is -0.136. The number of amides is 4. The molecule has 1 aromatic heterocycles. The topological polar surface area (TPSA) is 138 Å². The fraction of sp³-hybridized carbons (Fsp3) is 0.250. The van der Waals surface area contributed by atoms with E-state index >= 15 is 0 Å². The number of nitrogens with one attached hydrogen (secondary N) is 2. The van der Waals surface area contributed by atoms with Crippen molar-refractivity contribution in [3.05, 3.63) is 120 Å². The summed E-state index contributed by atoms with van der Waals surface area (Å²) in [6.45, 7) is 1.13. The molecule has 2 atom stereocenters. The Kier molecular flexibility index (Phi) is 9.96. The minimum Gasteiger partial charge on any atom is -0.416 e. The van der Waals surface area contributed by atoms with Crippen LogP contribution in [-0.4, -0.2) is 68.8 Å². The second kappa shape index (κ2) is 15.2. The van der Waals surface area contributed by atoms with Gasteiger partial charge in [-0.1, -0.05) is 60.7 Å². The summed E-state index contributed by atoms with van der Waals surface area (Å²) in [5.41, 5.74) is 4.41. The molecule has 0 unspecified atom stereocenters. The van der Waals surface area contributed by atoms with E-state index in [-0.39, 0.29) is 36.5 Å². The van der Waals surface area contributed by atoms with Crippen molar-refractivity contribution in [2.24, 2.45) is 0 Å². The largest absolute Gasteiger partial charge is 0.416 e. The van der Waals surface area contributed by atoms with E-state index in [1.54, 1.807) is 58.3 Å². The lowest BCUT2D eigenvalue weighted by atomic mass is 10.1. The van der Waals surface area contributed by atoms with Gasteiger partial charge in [-0.15, -0.1) is 10.2 Å². The van der Waals surface area contributed by atoms with Crippen LogP contribution in [-0.2, 0) is 32.0 Å². The fourth-order valence-corrected chi connectivity index (χ4v) is 6.72. The Bertz CT molecular complexity index is 1850. The third-order valence-corrected chi connectivity index (χ3v) is 9.37. The Hall–Kier alpha value is -6.10. The molecule has 0 radical (unpaired) electrons. The first kappa shape index (κ1) is 33.4. The van der Waals surface area contributed by atoms with Gasteiger partial charge >= 0.3 is 0 Å². The molecule has 2 N–H and O–H groups in total. The molecule has 2 aliphatic rings. The summed E-state index contributed by atoms with van der Waals surface area (Å²) in [5.74, 6) is 0.107. The van der Waals surface area contributed by atoms with Crippen molar-refractivity contribution in [3.8, 4) is 22.9 Å². The quantitative estimate of drug-likeness (QED) is 0.191. The van der Waals surface area contributed by atoms with Crippen LogP contribution in [0.4, 0.5) is 11.4 Å². The van der Waals surface area contributed by atoms with Crippen LogP contribution in [0.3, 0.4) is 0 Å². The number of anilines is 2. The van der Waals surface area contributed by atoms with E-state index in [2.05, 4.69) is 20.8 Å². The number of rotatable bonds is 10. The Morgan fingerprint density at radius 2 is 0.961 bits per heavy atom. The highest BCUT2D eigenvalue weighted by molar-refractivity contribution is 5.98. The third-order valence-electron chi connectivity index (χ3n) is 9.37. The van der Waals surface area contributed by atoms with Crippen molar-refractivity contribution in [1.82, 2.24) is 20.0 Å². The number of benzene rings is 4. The van der Waals surface area contributed by atoms with Crippen molar-refractivity contribution in [2.75, 3.05) is 23.7 Å². The first-order valence-corrected chi connectivity index (χ1v) is 17.2. The predicted molar refractivity (Wildman–Crippen MR) is 192 cm³/mol. The highest BCUT2D eigenvalue weighted by Gasteiger charge is 2.35. The second-order valence-electron chi connectivity index (χ2n) is 12.9. The molecule has 0 aliphatic carbocycles. The molecule has 51 heavy (non-hydrogen) atoms. The van der Waals surface area contributed by atoms with Gasteiger partial charge in [0.15, 0.2) is 0 Å². The SMILES string of the molecule is O=C(Nc1ccc(-c2nnc(-c3ccc(NC(=O)[C@@H]4CCCN4C(=O)Cc4ccccc4)cc3)o2)cc1)[C@@H]1CCCN1C(=O)Cc1ccccc1. The lowest BCUT2D eigenvalue weighted by Crippen LogP contribution is -2.43. The van der Waals surface area contributed by atoms with E-state index in [0.717, 1.165) is 24.0 Å². The summed E-state index contributed by atoms with van der Waals surface area (Å²) in [5, 5.41) is 14.3. The van der Waals surface area contributed by atoms with Crippen LogP contribution in [0.1, 0.15) is 36.8 Å². The van der Waals surface area contributed by atoms with E-state index in [4.69, 9.17) is 4.42 Å². The van der Waals surface area contributed by atoms with Crippen LogP contribution in [0.15, 0.2) is 114 Å². The molecule has 11 nitrogen and oxygen atoms in total. The molecular formula is C40H38N6O5. The Labute approximate surface area is 295 Å². The highest BCUT2D eigenvalue weighted by atomic mass is 16.4. The van der Waals surface area contributed by atoms with E-state index in [9.17, 15) is 19.2 Å². The average Bonchev–Trinajstić information content (AvgIpc) is 3.95. The first-order chi connectivity index (χ1) is 24.9. The van der Waals surface area contributed by atoms with Crippen LogP contribution in [0.5, 0.6) is 0 Å². The van der Waals surface area contributed by atoms with Crippen LogP contribution < -0.4 is 10.6 Å². The number of hydrogen-bond donors (Lipinski definition) is 2. The number of aromatic nitrogens is 2. The Balaban J connectivity index is 0.927. The normalized spacial score (nSPS) is 16.9. The van der Waals surface area contributed by atoms with E-state index in [1.165, 1.54) is 0 Å². The molecule has 2 fully saturated rings. The molecule has 2 aliphatic heterocycles. The molecule has 7 rings (SSSR count). The van der Waals surface area contributed by atoms with Gasteiger partial charge in [0, 0.05) is 35.6 Å². The summed E-state index contributed by atoms with van der Waals surface area (Å²) in [6, 6.07) is 32.3. The van der Waals surface area contributed by atoms with Gasteiger partial charge in [0.2, 0.25) is 35.4 Å². The summed E-state index contributed by atoms with van der Waals surface area (Å²) >= 11 is 0. The fourth-order valence-electron chi connectivity index (χ4n) is 6.72. The Morgan fingerprint density at radius 1 is 0.569 bits per heavy atom. The molecule has 0 saturated carbocycles. The van der Waals surface area contributed by atoms with Gasteiger partial charge < -0.3 is 24.9 Å². The predicted octanol–water partition coefficient (Wildman–Crippen LogP) is 5.75. The first-order valence-electron chi connectivity index (χ1n) is 17.2. The Morgan fingerprint density at radius 3 is 1.35 bits per heavy atom. The van der Waals surface area contributed by atoms with Crippen molar-refractivity contribution in [2.45, 2.75) is 50.6 Å². The number of nitrogens with zero attached hydrogens (tertiary/aromatic N) is 4. The van der Waals surface area contributed by atoms with Crippen molar-refractivity contribution < 1.29 is 23.6 Å². The summed E-state index contributed by atoms with van der Waals surface area (Å²) in [4.78, 5) is 55.6. The molecule has 3 heterocycles. The smallest absolute Gasteiger partial charge is 0.248 e. The van der Waals surface area contributed by atoms with Gasteiger partial charge in [0.1, 0.15) is 12.1 Å². The summed E-state index contributed by atoms with van der Waals surface area (Å²) in [7, 11) is 0. The molecular weight excluding hydrogens is 644 g/mol. The van der Waals surface area contributed by atoms with Gasteiger partial charge in [-0.2, -0.15) is 0 Å². The average molecular weight is 683 g/mol. The van der Waals surface area contributed by atoms with Crippen LogP contribution in [0, 0.1) is 0 Å². The molecule has 4 aromatic carbocycles. The van der Waals surface area contributed by atoms with E-state index in [0.29, 0.717) is 60.2 Å². The van der Waals surface area contributed by atoms with Gasteiger partial charge in [0.05, 0.1) is 12.8 Å². The standard InChI is InChI=1S/C40H38N6O5/c47-35(25-27-9-3-1-4-10-27)45-23-7-13-33(45)37(49)41-31-19-15-29(16-20-31)39-43-44-40(51-39)30-17-21-32(22-18-30)42-38(50)34-14-8-24-46(34)36(48)26-28-11-5-2-6-12-28/h1-6,9-12,15-22,33-34H,7-8,13-14,23-26H2,(H,41,49)(H,42,50)/t33-,34-/m0/s1. The van der Waals surface area contributed by atoms with Crippen molar-refractivity contribution in [3.63, 3.8) is 0 Å². The summed E-state index contributed by atoms with van der Waals surface area (Å²) in [6.07, 6.45) is 3.35. The van der Waals surface area contributed by atoms with Crippen LogP contribution in [0.25, 0.3) is 22.9 Å². The maximum absolute atomic E-state index is 13.2. The monoisotopic (exact) mass is 682 g/mol. The zero-order valence-corrected chi connectivity index (χ0v) is 28.0. The minimum atomic E-state index is -0.509. The van der Waals surface area contributed by atoms with Gasteiger partial charge in [-0.25, -0.2) is 0 Å². The maximum atomic E-state index is 13.2. The maximum Gasteiger partial charge on any atom is 0.248 e. The van der Waals surface area contributed by atoms with Gasteiger partial charge in [-0.05, 0) is 85.3 Å². The lowest BCUT2D eigenvalue weighted by Gasteiger charge is -2.24. The molecule has 0 spiro atoms. The third kappa shape index (κ3) is 7.88. The number of hydrogen-bond acceptors (Lipinski definition) is 7. The summed E-state index contributed by atoms with van der Waals surface area (Å²) < 4.78 is 5.95. The molecule has 4 amide bonds. The highest BCUT2D eigenvalue weighted by Crippen LogP contribution is 2.27. The van der Waals surface area contributed by atoms with Crippen molar-refractivity contribution >= 4 is 35.0 Å². The number of likely N-dealkylation sites (tertiary alicyclic amines) is 2. The molecule has 11 heteroatoms.